The van der Waals surface area contributed by atoms with E-state index in [9.17, 15) is 34.4 Å². The van der Waals surface area contributed by atoms with Crippen LogP contribution in [0.1, 0.15) is 121 Å². The van der Waals surface area contributed by atoms with Gasteiger partial charge in [-0.15, -0.1) is 10.2 Å². The molecule has 498 valence electrons. The fourth-order valence-electron chi connectivity index (χ4n) is 10.7. The number of anilines is 3. The number of hydrogen-bond donors (Lipinski definition) is 3. The van der Waals surface area contributed by atoms with Crippen LogP contribution >= 0.6 is 23.5 Å². The lowest BCUT2D eigenvalue weighted by atomic mass is 9.76. The number of likely N-dealkylation sites (tertiary alicyclic amines) is 1. The molecular formula is C70H77N15O9S2. The second-order valence-corrected chi connectivity index (χ2v) is 26.9. The average molecular weight is 1340 g/mol. The largest absolute Gasteiger partial charge is 0.506 e. The van der Waals surface area contributed by atoms with E-state index in [1.54, 1.807) is 79.3 Å². The number of phenolic OH excluding ortho intramolecular Hbond substituents is 1. The number of carbonyl (C=O) groups excluding carboxylic acids is 4. The van der Waals surface area contributed by atoms with Crippen molar-refractivity contribution >= 4 is 85.8 Å². The molecule has 2 aromatic heterocycles. The topological polar surface area (TPSA) is 283 Å². The summed E-state index contributed by atoms with van der Waals surface area (Å²) in [5.41, 5.74) is 5.72. The maximum atomic E-state index is 13.8. The summed E-state index contributed by atoms with van der Waals surface area (Å²) in [6.07, 6.45) is 3.36. The SMILES string of the molecule is CCC(C)(C)c1ccc(OC(C)C(=O)Nc2ccc(N3N=C(N4CCCC4)C(Sc4nnnn4C)C3=O)cc2)c(C(C)(C)CC)c1.Cc1ccccc1NC(=O)c1cc(Oc2ccc([N+](=O)[O-])cc2CN(C(=O)Sc2nnnn2-c2ccccc2)C(C)C)c2ccccc2c1O. The van der Waals surface area contributed by atoms with Crippen molar-refractivity contribution in [2.45, 2.75) is 140 Å². The first kappa shape index (κ1) is 68.6. The molecule has 4 amide bonds. The molecule has 11 rings (SSSR count). The first-order valence-electron chi connectivity index (χ1n) is 31.6. The number of ether oxygens (including phenoxy) is 2. The second-order valence-electron chi connectivity index (χ2n) is 24.9. The van der Waals surface area contributed by atoms with Crippen LogP contribution in [0.2, 0.25) is 0 Å². The Morgan fingerprint density at radius 1 is 0.760 bits per heavy atom. The number of amidine groups is 1. The number of tetrazole rings is 2. The molecule has 24 nitrogen and oxygen atoms in total. The summed E-state index contributed by atoms with van der Waals surface area (Å²) in [6, 6.07) is 42.0. The van der Waals surface area contributed by atoms with Crippen LogP contribution < -0.4 is 25.1 Å². The molecular weight excluding hydrogens is 1260 g/mol. The van der Waals surface area contributed by atoms with E-state index in [1.807, 2.05) is 69.3 Å². The van der Waals surface area contributed by atoms with E-state index in [2.05, 4.69) is 100 Å². The molecule has 0 aliphatic carbocycles. The van der Waals surface area contributed by atoms with Crippen molar-refractivity contribution in [1.29, 1.82) is 0 Å². The zero-order valence-electron chi connectivity index (χ0n) is 55.4. The van der Waals surface area contributed by atoms with Crippen LogP contribution in [0.5, 0.6) is 23.0 Å². The lowest BCUT2D eigenvalue weighted by molar-refractivity contribution is -0.385. The summed E-state index contributed by atoms with van der Waals surface area (Å²) >= 11 is 2.13. The van der Waals surface area contributed by atoms with Gasteiger partial charge in [-0.1, -0.05) is 126 Å². The van der Waals surface area contributed by atoms with E-state index < -0.39 is 27.4 Å². The minimum absolute atomic E-state index is 0.0306. The van der Waals surface area contributed by atoms with Gasteiger partial charge in [0.2, 0.25) is 10.3 Å². The van der Waals surface area contributed by atoms with Crippen LogP contribution in [-0.2, 0) is 34.0 Å². The second kappa shape index (κ2) is 29.6. The highest BCUT2D eigenvalue weighted by atomic mass is 32.2. The van der Waals surface area contributed by atoms with Crippen molar-refractivity contribution in [2.24, 2.45) is 12.1 Å². The Hall–Kier alpha value is -10.2. The van der Waals surface area contributed by atoms with Crippen molar-refractivity contribution < 1.29 is 38.7 Å². The van der Waals surface area contributed by atoms with Crippen LogP contribution in [0.25, 0.3) is 16.5 Å². The number of aryl methyl sites for hydroxylation is 2. The van der Waals surface area contributed by atoms with Crippen LogP contribution in [0, 0.1) is 17.0 Å². The molecule has 1 fully saturated rings. The summed E-state index contributed by atoms with van der Waals surface area (Å²) in [5.74, 6) is 0.688. The zero-order valence-corrected chi connectivity index (χ0v) is 57.0. The van der Waals surface area contributed by atoms with Gasteiger partial charge in [0.25, 0.3) is 28.6 Å². The highest BCUT2D eigenvalue weighted by Crippen LogP contribution is 2.42. The van der Waals surface area contributed by atoms with Gasteiger partial charge in [0, 0.05) is 83.3 Å². The number of rotatable bonds is 21. The molecule has 4 heterocycles. The number of nitrogens with one attached hydrogen (secondary N) is 2. The number of non-ortho nitro benzene ring substituents is 1. The highest BCUT2D eigenvalue weighted by molar-refractivity contribution is 8.13. The predicted molar refractivity (Wildman–Crippen MR) is 371 cm³/mol. The molecule has 2 atom stereocenters. The van der Waals surface area contributed by atoms with Gasteiger partial charge in [0.05, 0.1) is 28.4 Å². The van der Waals surface area contributed by atoms with Gasteiger partial charge < -0.3 is 35.0 Å². The quantitative estimate of drug-likeness (QED) is 0.0342. The number of hydrazone groups is 1. The lowest BCUT2D eigenvalue weighted by Crippen LogP contribution is -2.37. The number of nitrogens with zero attached hydrogens (tertiary/aromatic N) is 13. The molecule has 3 N–H and O–H groups in total. The predicted octanol–water partition coefficient (Wildman–Crippen LogP) is 13.8. The van der Waals surface area contributed by atoms with Gasteiger partial charge >= 0.3 is 0 Å². The summed E-state index contributed by atoms with van der Waals surface area (Å²) in [7, 11) is 1.75. The number of phenols is 1. The molecule has 2 aliphatic rings. The Kier molecular flexibility index (Phi) is 21.2. The number of fused-ring (bicyclic) bond motifs is 1. The fraction of sp³-hybridized carbons (Fsp3) is 0.329. The highest BCUT2D eigenvalue weighted by Gasteiger charge is 2.42. The van der Waals surface area contributed by atoms with Gasteiger partial charge in [-0.2, -0.15) is 14.8 Å². The third kappa shape index (κ3) is 15.5. The third-order valence-electron chi connectivity index (χ3n) is 17.3. The fourth-order valence-corrected chi connectivity index (χ4v) is 12.6. The number of nitro groups is 1. The summed E-state index contributed by atoms with van der Waals surface area (Å²) < 4.78 is 15.7. The number of aromatic hydroxyl groups is 1. The van der Waals surface area contributed by atoms with Crippen LogP contribution in [-0.4, -0.2) is 120 Å². The number of nitro benzene ring substituents is 1. The lowest BCUT2D eigenvalue weighted by Gasteiger charge is -2.31. The first-order chi connectivity index (χ1) is 45.9. The molecule has 7 aromatic carbocycles. The van der Waals surface area contributed by atoms with Crippen molar-refractivity contribution in [1.82, 2.24) is 50.2 Å². The number of carbonyl (C=O) groups is 4. The van der Waals surface area contributed by atoms with E-state index in [0.29, 0.717) is 44.2 Å². The molecule has 2 unspecified atom stereocenters. The molecule has 0 radical (unpaired) electrons. The minimum Gasteiger partial charge on any atom is -0.506 e. The number of aromatic nitrogens is 8. The Bertz CT molecular complexity index is 4360. The van der Waals surface area contributed by atoms with E-state index in [4.69, 9.17) is 14.6 Å². The van der Waals surface area contributed by atoms with Crippen molar-refractivity contribution in [2.75, 3.05) is 28.7 Å². The maximum Gasteiger partial charge on any atom is 0.290 e. The number of benzene rings is 7. The summed E-state index contributed by atoms with van der Waals surface area (Å²) in [6.45, 7) is 22.2. The van der Waals surface area contributed by atoms with Crippen LogP contribution in [0.15, 0.2) is 161 Å². The normalized spacial score (nSPS) is 14.3. The van der Waals surface area contributed by atoms with E-state index in [0.717, 1.165) is 73.2 Å². The Morgan fingerprint density at radius 3 is 2.08 bits per heavy atom. The van der Waals surface area contributed by atoms with Gasteiger partial charge in [-0.3, -0.25) is 29.3 Å². The van der Waals surface area contributed by atoms with Crippen LogP contribution in [0.4, 0.5) is 27.5 Å². The summed E-state index contributed by atoms with van der Waals surface area (Å²) in [4.78, 5) is 69.2. The standard InChI is InChI=1S/C36H31N7O6S.C34H46N8O3S/c1-22(2)41(36(46)50-35-38-39-40-42(35)25-12-5-4-6-13-25)21-24-19-26(43(47)48)17-18-31(24)49-32-20-29(33(44)28-15-9-8-14-27(28)32)34(45)37-30-16-10-7-11-23(30)3;1-9-33(4,5)23-13-18-27(26(21-23)34(6,7)10-2)45-22(3)30(43)35-24-14-16-25(17-15-24)42-31(44)28(46-32-36-38-39-40(32)8)29(37-42)41-19-11-12-20-41/h4-20,22,44H,21H2,1-3H3,(H,37,45);13-18,21-22,28H,9-12,19-20H2,1-8H3,(H,35,43). The molecule has 96 heavy (non-hydrogen) atoms. The molecule has 0 bridgehead atoms. The number of para-hydroxylation sites is 2. The number of thioether (sulfide) groups is 2. The maximum absolute atomic E-state index is 13.8. The van der Waals surface area contributed by atoms with E-state index in [-0.39, 0.29) is 68.9 Å². The molecule has 1 saturated heterocycles. The smallest absolute Gasteiger partial charge is 0.290 e. The van der Waals surface area contributed by atoms with Crippen LogP contribution in [0.3, 0.4) is 0 Å². The molecule has 0 saturated carbocycles. The van der Waals surface area contributed by atoms with Gasteiger partial charge in [0.15, 0.2) is 11.4 Å². The van der Waals surface area contributed by atoms with Crippen molar-refractivity contribution in [3.8, 4) is 28.7 Å². The van der Waals surface area contributed by atoms with Crippen molar-refractivity contribution in [3.05, 3.63) is 184 Å². The number of hydrogen-bond acceptors (Lipinski definition) is 19. The monoisotopic (exact) mass is 1340 g/mol. The van der Waals surface area contributed by atoms with E-state index >= 15 is 0 Å². The van der Waals surface area contributed by atoms with Crippen molar-refractivity contribution in [3.63, 3.8) is 0 Å². The summed E-state index contributed by atoms with van der Waals surface area (Å²) in [5, 5.41) is 59.2. The Labute approximate surface area is 565 Å². The molecule has 9 aromatic rings. The van der Waals surface area contributed by atoms with Gasteiger partial charge in [0.1, 0.15) is 28.8 Å². The van der Waals surface area contributed by atoms with Gasteiger partial charge in [-0.05, 0) is 157 Å². The third-order valence-corrected chi connectivity index (χ3v) is 19.4. The van der Waals surface area contributed by atoms with Gasteiger partial charge in [-0.25, -0.2) is 4.68 Å². The first-order valence-corrected chi connectivity index (χ1v) is 33.3. The average Bonchev–Trinajstić information content (AvgIpc) is 1.52. The Morgan fingerprint density at radius 2 is 1.42 bits per heavy atom. The Balaban J connectivity index is 0.000000210. The zero-order chi connectivity index (χ0) is 68.6. The minimum atomic E-state index is -0.725. The number of amides is 4. The molecule has 26 heteroatoms. The van der Waals surface area contributed by atoms with E-state index in [1.165, 1.54) is 56.2 Å². The molecule has 2 aliphatic heterocycles. The molecule has 0 spiro atoms.